The maximum atomic E-state index is 11.6. The monoisotopic (exact) mass is 240 g/mol. The van der Waals surface area contributed by atoms with E-state index >= 15 is 0 Å². The van der Waals surface area contributed by atoms with Crippen molar-refractivity contribution in [3.63, 3.8) is 0 Å². The third-order valence-corrected chi connectivity index (χ3v) is 3.37. The molecule has 0 radical (unpaired) electrons. The van der Waals surface area contributed by atoms with Gasteiger partial charge in [-0.05, 0) is 33.1 Å². The first kappa shape index (κ1) is 12.5. The fourth-order valence-corrected chi connectivity index (χ4v) is 2.51. The zero-order valence-electron chi connectivity index (χ0n) is 10.4. The average molecular weight is 240 g/mol. The average Bonchev–Trinajstić information content (AvgIpc) is 2.21. The molecule has 2 aliphatic rings. The van der Waals surface area contributed by atoms with Gasteiger partial charge in [-0.25, -0.2) is 0 Å². The van der Waals surface area contributed by atoms with Crippen molar-refractivity contribution in [2.75, 3.05) is 6.61 Å². The molecule has 2 saturated heterocycles. The van der Waals surface area contributed by atoms with Gasteiger partial charge in [-0.2, -0.15) is 0 Å². The molecule has 0 saturated carbocycles. The Kier molecular flexibility index (Phi) is 3.49. The molecule has 0 aromatic rings. The number of piperidine rings is 1. The molecule has 0 spiro atoms. The predicted molar refractivity (Wildman–Crippen MR) is 62.4 cm³/mol. The van der Waals surface area contributed by atoms with Gasteiger partial charge in [0.2, 0.25) is 11.8 Å². The molecule has 2 heterocycles. The lowest BCUT2D eigenvalue weighted by atomic mass is 9.92. The molecule has 2 atom stereocenters. The van der Waals surface area contributed by atoms with Gasteiger partial charge in [0.05, 0.1) is 11.6 Å². The highest BCUT2D eigenvalue weighted by Crippen LogP contribution is 2.24. The van der Waals surface area contributed by atoms with Crippen LogP contribution in [0.1, 0.15) is 39.5 Å². The summed E-state index contributed by atoms with van der Waals surface area (Å²) in [6.45, 7) is 4.84. The highest BCUT2D eigenvalue weighted by Gasteiger charge is 2.33. The van der Waals surface area contributed by atoms with E-state index in [1.54, 1.807) is 0 Å². The van der Waals surface area contributed by atoms with Crippen LogP contribution >= 0.6 is 0 Å². The number of amides is 2. The molecule has 2 N–H and O–H groups in total. The van der Waals surface area contributed by atoms with Crippen LogP contribution in [-0.2, 0) is 14.3 Å². The second kappa shape index (κ2) is 4.74. The number of hydrogen-bond acceptors (Lipinski definition) is 4. The van der Waals surface area contributed by atoms with Crippen LogP contribution in [0.25, 0.3) is 0 Å². The fraction of sp³-hybridized carbons (Fsp3) is 0.833. The van der Waals surface area contributed by atoms with Crippen LogP contribution in [-0.4, -0.2) is 36.1 Å². The van der Waals surface area contributed by atoms with Crippen LogP contribution < -0.4 is 10.6 Å². The number of carbonyl (C=O) groups excluding carboxylic acids is 2. The summed E-state index contributed by atoms with van der Waals surface area (Å²) >= 11 is 0. The van der Waals surface area contributed by atoms with Gasteiger partial charge >= 0.3 is 0 Å². The normalized spacial score (nSPS) is 33.3. The Morgan fingerprint density at radius 2 is 2.12 bits per heavy atom. The summed E-state index contributed by atoms with van der Waals surface area (Å²) in [5.74, 6) is -0.356. The van der Waals surface area contributed by atoms with E-state index in [4.69, 9.17) is 4.74 Å². The van der Waals surface area contributed by atoms with E-state index in [1.165, 1.54) is 0 Å². The summed E-state index contributed by atoms with van der Waals surface area (Å²) in [6.07, 6.45) is 2.84. The minimum absolute atomic E-state index is 0.128. The quantitative estimate of drug-likeness (QED) is 0.683. The molecular weight excluding hydrogens is 220 g/mol. The maximum absolute atomic E-state index is 11.6. The van der Waals surface area contributed by atoms with Gasteiger partial charge in [0.25, 0.3) is 0 Å². The van der Waals surface area contributed by atoms with Gasteiger partial charge in [0.15, 0.2) is 0 Å². The molecule has 2 amide bonds. The van der Waals surface area contributed by atoms with E-state index in [0.29, 0.717) is 18.9 Å². The smallest absolute Gasteiger partial charge is 0.243 e. The largest absolute Gasteiger partial charge is 0.375 e. The van der Waals surface area contributed by atoms with Crippen molar-refractivity contribution in [1.29, 1.82) is 0 Å². The molecule has 2 aliphatic heterocycles. The molecule has 0 aromatic carbocycles. The van der Waals surface area contributed by atoms with Crippen LogP contribution in [0.2, 0.25) is 0 Å². The zero-order chi connectivity index (χ0) is 12.5. The Balaban J connectivity index is 1.88. The highest BCUT2D eigenvalue weighted by atomic mass is 16.5. The first-order valence-electron chi connectivity index (χ1n) is 6.20. The van der Waals surface area contributed by atoms with Crippen molar-refractivity contribution in [2.24, 2.45) is 0 Å². The topological polar surface area (TPSA) is 67.4 Å². The molecule has 5 heteroatoms. The molecule has 0 aliphatic carbocycles. The summed E-state index contributed by atoms with van der Waals surface area (Å²) in [5.41, 5.74) is -0.128. The van der Waals surface area contributed by atoms with Crippen molar-refractivity contribution < 1.29 is 14.3 Å². The number of imide groups is 1. The van der Waals surface area contributed by atoms with Crippen molar-refractivity contribution >= 4 is 11.8 Å². The van der Waals surface area contributed by atoms with E-state index in [1.807, 2.05) is 0 Å². The lowest BCUT2D eigenvalue weighted by Crippen LogP contribution is -2.55. The summed E-state index contributed by atoms with van der Waals surface area (Å²) in [6, 6.07) is 0.0642. The zero-order valence-corrected chi connectivity index (χ0v) is 10.4. The van der Waals surface area contributed by atoms with Crippen LogP contribution in [0, 0.1) is 0 Å². The summed E-state index contributed by atoms with van der Waals surface area (Å²) in [7, 11) is 0. The Bertz CT molecular complexity index is 328. The van der Waals surface area contributed by atoms with Gasteiger partial charge in [-0.3, -0.25) is 14.9 Å². The molecule has 17 heavy (non-hydrogen) atoms. The van der Waals surface area contributed by atoms with Gasteiger partial charge in [0, 0.05) is 19.1 Å². The van der Waals surface area contributed by atoms with E-state index in [-0.39, 0.29) is 23.5 Å². The molecule has 5 nitrogen and oxygen atoms in total. The molecule has 2 fully saturated rings. The standard InChI is InChI=1S/C12H20N2O3/c1-12(2)7-8(5-6-17-12)13-9-3-4-10(15)14-11(9)16/h8-9,13H,3-7H2,1-2H3,(H,14,15,16). The van der Waals surface area contributed by atoms with Crippen molar-refractivity contribution in [3.05, 3.63) is 0 Å². The minimum atomic E-state index is -0.230. The van der Waals surface area contributed by atoms with Gasteiger partial charge in [-0.1, -0.05) is 0 Å². The van der Waals surface area contributed by atoms with E-state index in [2.05, 4.69) is 24.5 Å². The fourth-order valence-electron chi connectivity index (χ4n) is 2.51. The lowest BCUT2D eigenvalue weighted by Gasteiger charge is -2.37. The van der Waals surface area contributed by atoms with Crippen LogP contribution in [0.15, 0.2) is 0 Å². The number of ether oxygens (including phenoxy) is 1. The van der Waals surface area contributed by atoms with E-state index < -0.39 is 0 Å². The Labute approximate surface area is 101 Å². The van der Waals surface area contributed by atoms with Gasteiger partial charge in [-0.15, -0.1) is 0 Å². The van der Waals surface area contributed by atoms with Gasteiger partial charge < -0.3 is 10.1 Å². The molecule has 0 aromatic heterocycles. The molecule has 96 valence electrons. The number of hydrogen-bond donors (Lipinski definition) is 2. The molecule has 2 rings (SSSR count). The first-order valence-corrected chi connectivity index (χ1v) is 6.20. The van der Waals surface area contributed by atoms with E-state index in [0.717, 1.165) is 19.4 Å². The molecular formula is C12H20N2O3. The number of nitrogens with one attached hydrogen (secondary N) is 2. The van der Waals surface area contributed by atoms with Gasteiger partial charge in [0.1, 0.15) is 0 Å². The Morgan fingerprint density at radius 1 is 1.35 bits per heavy atom. The second-order valence-electron chi connectivity index (χ2n) is 5.47. The second-order valence-corrected chi connectivity index (χ2v) is 5.47. The molecule has 2 unspecified atom stereocenters. The molecule has 0 bridgehead atoms. The summed E-state index contributed by atoms with van der Waals surface area (Å²) in [5, 5.41) is 5.71. The summed E-state index contributed by atoms with van der Waals surface area (Å²) in [4.78, 5) is 22.6. The Morgan fingerprint density at radius 3 is 2.76 bits per heavy atom. The van der Waals surface area contributed by atoms with Crippen molar-refractivity contribution in [3.8, 4) is 0 Å². The number of carbonyl (C=O) groups is 2. The maximum Gasteiger partial charge on any atom is 0.243 e. The van der Waals surface area contributed by atoms with Crippen LogP contribution in [0.4, 0.5) is 0 Å². The Hall–Kier alpha value is -0.940. The first-order chi connectivity index (χ1) is 7.96. The minimum Gasteiger partial charge on any atom is -0.375 e. The number of rotatable bonds is 2. The third kappa shape index (κ3) is 3.26. The predicted octanol–water partition coefficient (Wildman–Crippen LogP) is 0.339. The third-order valence-electron chi connectivity index (χ3n) is 3.37. The van der Waals surface area contributed by atoms with Crippen molar-refractivity contribution in [2.45, 2.75) is 57.2 Å². The van der Waals surface area contributed by atoms with E-state index in [9.17, 15) is 9.59 Å². The van der Waals surface area contributed by atoms with Crippen LogP contribution in [0.3, 0.4) is 0 Å². The SMILES string of the molecule is CC1(C)CC(NC2CCC(=O)NC2=O)CCO1. The van der Waals surface area contributed by atoms with Crippen LogP contribution in [0.5, 0.6) is 0 Å². The van der Waals surface area contributed by atoms with Crippen molar-refractivity contribution in [1.82, 2.24) is 10.6 Å². The highest BCUT2D eigenvalue weighted by molar-refractivity contribution is 6.00. The summed E-state index contributed by atoms with van der Waals surface area (Å²) < 4.78 is 5.63. The lowest BCUT2D eigenvalue weighted by molar-refractivity contribution is -0.135.